The number of halogens is 5. The van der Waals surface area contributed by atoms with Crippen LogP contribution in [-0.4, -0.2) is 31.8 Å². The van der Waals surface area contributed by atoms with Gasteiger partial charge in [0.1, 0.15) is 5.75 Å². The topological polar surface area (TPSA) is 35.5 Å². The number of rotatable bonds is 6. The van der Waals surface area contributed by atoms with Crippen molar-refractivity contribution < 1.29 is 36.2 Å². The highest BCUT2D eigenvalue weighted by Crippen LogP contribution is 2.38. The van der Waals surface area contributed by atoms with Crippen molar-refractivity contribution in [3.63, 3.8) is 0 Å². The first-order valence-corrected chi connectivity index (χ1v) is 5.93. The van der Waals surface area contributed by atoms with Gasteiger partial charge in [0.2, 0.25) is 0 Å². The Hall–Kier alpha value is -1.86. The maximum Gasteiger partial charge on any atom is 0.453 e. The Morgan fingerprint density at radius 3 is 2.14 bits per heavy atom. The molecule has 1 rings (SSSR count). The van der Waals surface area contributed by atoms with E-state index in [-0.39, 0.29) is 5.56 Å². The van der Waals surface area contributed by atoms with E-state index in [0.717, 1.165) is 0 Å². The summed E-state index contributed by atoms with van der Waals surface area (Å²) >= 11 is 0. The zero-order chi connectivity index (χ0) is 16.1. The Kier molecular flexibility index (Phi) is 5.51. The summed E-state index contributed by atoms with van der Waals surface area (Å²) in [6.07, 6.45) is -7.60. The first kappa shape index (κ1) is 17.2. The van der Waals surface area contributed by atoms with E-state index in [9.17, 15) is 26.7 Å². The molecule has 8 heteroatoms. The zero-order valence-corrected chi connectivity index (χ0v) is 11.0. The lowest BCUT2D eigenvalue weighted by Crippen LogP contribution is -2.36. The molecule has 0 fully saturated rings. The van der Waals surface area contributed by atoms with Gasteiger partial charge in [-0.2, -0.15) is 22.0 Å². The molecule has 1 aromatic rings. The molecule has 0 saturated carbocycles. The maximum atomic E-state index is 12.6. The molecule has 0 unspecified atom stereocenters. The fourth-order valence-electron chi connectivity index (χ4n) is 1.41. The number of hydrogen-bond donors (Lipinski definition) is 0. The Bertz CT molecular complexity index is 468. The van der Waals surface area contributed by atoms with Gasteiger partial charge in [0.15, 0.2) is 0 Å². The van der Waals surface area contributed by atoms with Crippen LogP contribution in [0.2, 0.25) is 0 Å². The minimum atomic E-state index is -5.59. The molecule has 118 valence electrons. The first-order valence-electron chi connectivity index (χ1n) is 5.93. The molecule has 0 amide bonds. The van der Waals surface area contributed by atoms with Crippen molar-refractivity contribution >= 4 is 5.97 Å². The van der Waals surface area contributed by atoms with Crippen molar-refractivity contribution in [2.75, 3.05) is 13.7 Å². The number of hydrogen-bond acceptors (Lipinski definition) is 3. The second kappa shape index (κ2) is 6.73. The molecule has 0 aliphatic rings. The Balaban J connectivity index is 2.40. The van der Waals surface area contributed by atoms with E-state index < -0.39 is 37.5 Å². The number of carbonyl (C=O) groups is 1. The predicted molar refractivity (Wildman–Crippen MR) is 63.5 cm³/mol. The van der Waals surface area contributed by atoms with Gasteiger partial charge in [-0.1, -0.05) is 0 Å². The van der Waals surface area contributed by atoms with Crippen LogP contribution in [0.25, 0.3) is 0 Å². The summed E-state index contributed by atoms with van der Waals surface area (Å²) in [5.41, 5.74) is 0.151. The second-order valence-electron chi connectivity index (χ2n) is 4.17. The highest BCUT2D eigenvalue weighted by Gasteiger charge is 2.56. The summed E-state index contributed by atoms with van der Waals surface area (Å²) in [4.78, 5) is 11.5. The van der Waals surface area contributed by atoms with Crippen LogP contribution < -0.4 is 4.74 Å². The van der Waals surface area contributed by atoms with Gasteiger partial charge < -0.3 is 9.47 Å². The molecule has 0 heterocycles. The predicted octanol–water partition coefficient (Wildman–Crippen LogP) is 3.83. The zero-order valence-electron chi connectivity index (χ0n) is 11.0. The number of methoxy groups -OCH3 is 1. The number of ether oxygens (including phenoxy) is 2. The van der Waals surface area contributed by atoms with E-state index in [1.807, 2.05) is 0 Å². The summed E-state index contributed by atoms with van der Waals surface area (Å²) in [6.45, 7) is -0.517. The van der Waals surface area contributed by atoms with E-state index >= 15 is 0 Å². The summed E-state index contributed by atoms with van der Waals surface area (Å²) in [7, 11) is 1.44. The molecule has 21 heavy (non-hydrogen) atoms. The van der Waals surface area contributed by atoms with Gasteiger partial charge in [0, 0.05) is 6.42 Å². The number of esters is 1. The molecular formula is C13H13F5O3. The lowest BCUT2D eigenvalue weighted by atomic mass is 10.2. The van der Waals surface area contributed by atoms with Crippen LogP contribution in [0.3, 0.4) is 0 Å². The average Bonchev–Trinajstić information content (AvgIpc) is 2.42. The smallest absolute Gasteiger partial charge is 0.453 e. The van der Waals surface area contributed by atoms with Crippen molar-refractivity contribution in [2.24, 2.45) is 0 Å². The summed E-state index contributed by atoms with van der Waals surface area (Å²) < 4.78 is 70.3. The highest BCUT2D eigenvalue weighted by molar-refractivity contribution is 5.89. The fourth-order valence-corrected chi connectivity index (χ4v) is 1.41. The molecule has 0 aliphatic heterocycles. The standard InChI is InChI=1S/C13H13F5O3/c1-20-10-5-3-9(4-6-10)11(19)21-8-2-7-12(14,15)13(16,17)18/h3-6H,2,7-8H2,1H3. The minimum Gasteiger partial charge on any atom is -0.497 e. The van der Waals surface area contributed by atoms with Gasteiger partial charge in [-0.05, 0) is 30.7 Å². The molecule has 0 aromatic heterocycles. The number of benzene rings is 1. The van der Waals surface area contributed by atoms with E-state index in [2.05, 4.69) is 4.74 Å². The van der Waals surface area contributed by atoms with Gasteiger partial charge in [-0.25, -0.2) is 4.79 Å². The third-order valence-corrected chi connectivity index (χ3v) is 2.61. The van der Waals surface area contributed by atoms with Crippen molar-refractivity contribution in [1.29, 1.82) is 0 Å². The van der Waals surface area contributed by atoms with Crippen molar-refractivity contribution in [2.45, 2.75) is 24.9 Å². The molecule has 0 N–H and O–H groups in total. The minimum absolute atomic E-state index is 0.151. The highest BCUT2D eigenvalue weighted by atomic mass is 19.4. The lowest BCUT2D eigenvalue weighted by molar-refractivity contribution is -0.284. The van der Waals surface area contributed by atoms with Crippen LogP contribution in [-0.2, 0) is 4.74 Å². The Morgan fingerprint density at radius 2 is 1.67 bits per heavy atom. The third kappa shape index (κ3) is 4.87. The average molecular weight is 312 g/mol. The molecule has 1 aromatic carbocycles. The first-order chi connectivity index (χ1) is 9.67. The van der Waals surface area contributed by atoms with Crippen LogP contribution in [0.4, 0.5) is 22.0 Å². The fraction of sp³-hybridized carbons (Fsp3) is 0.462. The molecule has 0 bridgehead atoms. The quantitative estimate of drug-likeness (QED) is 0.455. The second-order valence-corrected chi connectivity index (χ2v) is 4.17. The summed E-state index contributed by atoms with van der Waals surface area (Å²) in [6, 6.07) is 5.78. The monoisotopic (exact) mass is 312 g/mol. The Labute approximate surface area is 117 Å². The molecule has 0 aliphatic carbocycles. The van der Waals surface area contributed by atoms with Crippen molar-refractivity contribution in [1.82, 2.24) is 0 Å². The van der Waals surface area contributed by atoms with Crippen molar-refractivity contribution in [3.05, 3.63) is 29.8 Å². The molecular weight excluding hydrogens is 299 g/mol. The van der Waals surface area contributed by atoms with Crippen LogP contribution in [0.15, 0.2) is 24.3 Å². The molecule has 0 atom stereocenters. The van der Waals surface area contributed by atoms with E-state index in [1.54, 1.807) is 0 Å². The van der Waals surface area contributed by atoms with Gasteiger partial charge in [0.25, 0.3) is 0 Å². The van der Waals surface area contributed by atoms with E-state index in [0.29, 0.717) is 5.75 Å². The van der Waals surface area contributed by atoms with Gasteiger partial charge in [0.05, 0.1) is 19.3 Å². The van der Waals surface area contributed by atoms with Crippen LogP contribution in [0, 0.1) is 0 Å². The lowest BCUT2D eigenvalue weighted by Gasteiger charge is -2.19. The molecule has 0 saturated heterocycles. The van der Waals surface area contributed by atoms with Crippen LogP contribution in [0.1, 0.15) is 23.2 Å². The molecule has 3 nitrogen and oxygen atoms in total. The summed E-state index contributed by atoms with van der Waals surface area (Å²) in [5, 5.41) is 0. The van der Waals surface area contributed by atoms with Crippen LogP contribution >= 0.6 is 0 Å². The van der Waals surface area contributed by atoms with Crippen molar-refractivity contribution in [3.8, 4) is 5.75 Å². The summed E-state index contributed by atoms with van der Waals surface area (Å²) in [5.74, 6) is -5.07. The van der Waals surface area contributed by atoms with Gasteiger partial charge >= 0.3 is 18.1 Å². The number of carbonyl (C=O) groups excluding carboxylic acids is 1. The van der Waals surface area contributed by atoms with Crippen LogP contribution in [0.5, 0.6) is 5.75 Å². The molecule has 0 spiro atoms. The third-order valence-electron chi connectivity index (χ3n) is 2.61. The number of alkyl halides is 5. The van der Waals surface area contributed by atoms with Gasteiger partial charge in [-0.3, -0.25) is 0 Å². The van der Waals surface area contributed by atoms with Gasteiger partial charge in [-0.15, -0.1) is 0 Å². The molecule has 0 radical (unpaired) electrons. The largest absolute Gasteiger partial charge is 0.497 e. The van der Waals surface area contributed by atoms with E-state index in [1.165, 1.54) is 31.4 Å². The van der Waals surface area contributed by atoms with E-state index in [4.69, 9.17) is 4.74 Å². The SMILES string of the molecule is COc1ccc(C(=O)OCCCC(F)(F)C(F)(F)F)cc1. The Morgan fingerprint density at radius 1 is 1.10 bits per heavy atom. The normalized spacial score (nSPS) is 12.1. The maximum absolute atomic E-state index is 12.6.